The van der Waals surface area contributed by atoms with Crippen LogP contribution in [0.3, 0.4) is 0 Å². The Bertz CT molecular complexity index is 757. The van der Waals surface area contributed by atoms with E-state index >= 15 is 0 Å². The van der Waals surface area contributed by atoms with Gasteiger partial charge in [0, 0.05) is 33.4 Å². The van der Waals surface area contributed by atoms with Crippen molar-refractivity contribution in [1.29, 1.82) is 0 Å². The summed E-state index contributed by atoms with van der Waals surface area (Å²) in [6, 6.07) is 0. The van der Waals surface area contributed by atoms with Crippen LogP contribution in [0.15, 0.2) is 11.8 Å². The Labute approximate surface area is 234 Å². The van der Waals surface area contributed by atoms with E-state index in [4.69, 9.17) is 9.47 Å². The highest BCUT2D eigenvalue weighted by Crippen LogP contribution is 2.59. The third kappa shape index (κ3) is 6.06. The zero-order valence-corrected chi connectivity index (χ0v) is 29.0. The molecule has 2 aliphatic rings. The maximum atomic E-state index is 5.81. The second-order valence-electron chi connectivity index (χ2n) is 14.4. The summed E-state index contributed by atoms with van der Waals surface area (Å²) < 4.78 is 11.6. The molecule has 0 aromatic rings. The van der Waals surface area contributed by atoms with Crippen molar-refractivity contribution >= 4 is 16.1 Å². The first-order valence-corrected chi connectivity index (χ1v) is 20.0. The molecular weight excluding hydrogens is 485 g/mol. The molecule has 0 amide bonds. The molecule has 2 rings (SSSR count). The van der Waals surface area contributed by atoms with E-state index in [0.717, 1.165) is 29.8 Å². The van der Waals surface area contributed by atoms with Crippen LogP contribution in [0.1, 0.15) is 89.5 Å². The quantitative estimate of drug-likeness (QED) is 0.179. The number of fused-ring (bicyclic) bond motifs is 2. The SMILES string of the molecule is COC[C@@H]1[C@H](COC)[C@H]2C[C@@H]1[C@H](C#C[Si](C(C)C)(C(C)C)C(C)C)[C@@H]2/C=C/[Si](C(C)C)(C(C)C)C(C)C. The van der Waals surface area contributed by atoms with Crippen molar-refractivity contribution in [2.45, 2.75) is 123 Å². The van der Waals surface area contributed by atoms with Crippen molar-refractivity contribution in [2.75, 3.05) is 27.4 Å². The van der Waals surface area contributed by atoms with Crippen molar-refractivity contribution < 1.29 is 9.47 Å². The Kier molecular flexibility index (Phi) is 11.8. The molecular formula is C33H62O2Si2. The molecule has 37 heavy (non-hydrogen) atoms. The van der Waals surface area contributed by atoms with Gasteiger partial charge in [-0.15, -0.1) is 11.5 Å². The molecule has 2 fully saturated rings. The second kappa shape index (κ2) is 13.3. The van der Waals surface area contributed by atoms with Crippen molar-refractivity contribution in [1.82, 2.24) is 0 Å². The smallest absolute Gasteiger partial charge is 0.145 e. The van der Waals surface area contributed by atoms with Gasteiger partial charge in [-0.1, -0.05) is 94.9 Å². The molecule has 6 atom stereocenters. The summed E-state index contributed by atoms with van der Waals surface area (Å²) >= 11 is 0. The Morgan fingerprint density at radius 2 is 1.11 bits per heavy atom. The number of hydrogen-bond donors (Lipinski definition) is 0. The highest BCUT2D eigenvalue weighted by atomic mass is 28.3. The highest BCUT2D eigenvalue weighted by molar-refractivity contribution is 6.90. The van der Waals surface area contributed by atoms with E-state index in [-0.39, 0.29) is 0 Å². The van der Waals surface area contributed by atoms with Gasteiger partial charge in [-0.3, -0.25) is 0 Å². The van der Waals surface area contributed by atoms with Crippen molar-refractivity contribution in [3.05, 3.63) is 11.8 Å². The molecule has 0 radical (unpaired) electrons. The summed E-state index contributed by atoms with van der Waals surface area (Å²) in [4.78, 5) is 0. The Morgan fingerprint density at radius 3 is 1.49 bits per heavy atom. The first kappa shape index (κ1) is 32.9. The van der Waals surface area contributed by atoms with E-state index in [1.807, 2.05) is 14.2 Å². The first-order chi connectivity index (χ1) is 17.2. The molecule has 4 heteroatoms. The van der Waals surface area contributed by atoms with Gasteiger partial charge >= 0.3 is 0 Å². The molecule has 2 aliphatic carbocycles. The maximum absolute atomic E-state index is 5.81. The minimum absolute atomic E-state index is 0.454. The van der Waals surface area contributed by atoms with Crippen LogP contribution >= 0.6 is 0 Å². The van der Waals surface area contributed by atoms with Crippen LogP contribution in [0.2, 0.25) is 33.2 Å². The molecule has 2 bridgehead atoms. The minimum atomic E-state index is -1.77. The molecule has 0 saturated heterocycles. The number of ether oxygens (including phenoxy) is 2. The third-order valence-corrected chi connectivity index (χ3v) is 24.3. The van der Waals surface area contributed by atoms with E-state index in [9.17, 15) is 0 Å². The predicted octanol–water partition coefficient (Wildman–Crippen LogP) is 9.39. The van der Waals surface area contributed by atoms with E-state index in [1.54, 1.807) is 0 Å². The number of allylic oxidation sites excluding steroid dienone is 1. The van der Waals surface area contributed by atoms with E-state index in [2.05, 4.69) is 106 Å². The molecule has 0 unspecified atom stereocenters. The second-order valence-corrected chi connectivity index (χ2v) is 25.8. The minimum Gasteiger partial charge on any atom is -0.384 e. The number of hydrogen-bond acceptors (Lipinski definition) is 2. The van der Waals surface area contributed by atoms with Gasteiger partial charge in [-0.2, -0.15) is 0 Å². The molecule has 0 aromatic carbocycles. The zero-order chi connectivity index (χ0) is 28.3. The standard InChI is InChI=1S/C33H62O2Si2/c1-22(2)36(23(3)4,24(5)6)17-15-28-29(16-18-37(25(7)8,26(9)10)27(11)12)31-19-30(28)32(20-34-13)33(31)21-35-14/h15,17,22-33H,19-21H2,1-14H3/b17-15+/t28-,29+,30-,31+,32+,33-/m0/s1. The van der Waals surface area contributed by atoms with Crippen LogP contribution in [0.5, 0.6) is 0 Å². The van der Waals surface area contributed by atoms with Gasteiger partial charge in [-0.25, -0.2) is 0 Å². The van der Waals surface area contributed by atoms with Crippen LogP contribution in [0, 0.1) is 47.0 Å². The van der Waals surface area contributed by atoms with Crippen LogP contribution in [0.25, 0.3) is 0 Å². The lowest BCUT2D eigenvalue weighted by atomic mass is 9.69. The summed E-state index contributed by atoms with van der Waals surface area (Å²) in [6.07, 6.45) is 4.00. The lowest BCUT2D eigenvalue weighted by Gasteiger charge is -2.42. The van der Waals surface area contributed by atoms with Gasteiger partial charge in [0.2, 0.25) is 0 Å². The predicted molar refractivity (Wildman–Crippen MR) is 168 cm³/mol. The van der Waals surface area contributed by atoms with E-state index in [0.29, 0.717) is 52.1 Å². The Morgan fingerprint density at radius 1 is 0.676 bits per heavy atom. The van der Waals surface area contributed by atoms with Gasteiger partial charge in [0.05, 0.1) is 8.07 Å². The highest BCUT2D eigenvalue weighted by Gasteiger charge is 2.57. The summed E-state index contributed by atoms with van der Waals surface area (Å²) in [5.41, 5.74) is 11.2. The zero-order valence-electron chi connectivity index (χ0n) is 27.0. The largest absolute Gasteiger partial charge is 0.384 e. The number of methoxy groups -OCH3 is 2. The van der Waals surface area contributed by atoms with Gasteiger partial charge in [0.25, 0.3) is 0 Å². The fraction of sp³-hybridized carbons (Fsp3) is 0.879. The fourth-order valence-electron chi connectivity index (χ4n) is 9.55. The Hall–Kier alpha value is -0.346. The topological polar surface area (TPSA) is 18.5 Å². The van der Waals surface area contributed by atoms with Gasteiger partial charge in [0.15, 0.2) is 0 Å². The van der Waals surface area contributed by atoms with Crippen LogP contribution in [0.4, 0.5) is 0 Å². The normalized spacial score (nSPS) is 28.6. The van der Waals surface area contributed by atoms with E-state index < -0.39 is 16.1 Å². The van der Waals surface area contributed by atoms with E-state index in [1.165, 1.54) is 6.42 Å². The molecule has 0 N–H and O–H groups in total. The molecule has 0 aliphatic heterocycles. The molecule has 0 spiro atoms. The summed E-state index contributed by atoms with van der Waals surface area (Å²) in [5.74, 6) is 7.53. The third-order valence-electron chi connectivity index (χ3n) is 11.2. The molecule has 0 heterocycles. The lowest BCUT2D eigenvalue weighted by Crippen LogP contribution is -2.44. The summed E-state index contributed by atoms with van der Waals surface area (Å²) in [6.45, 7) is 31.2. The monoisotopic (exact) mass is 546 g/mol. The Balaban J connectivity index is 2.65. The number of rotatable bonds is 12. The molecule has 2 nitrogen and oxygen atoms in total. The van der Waals surface area contributed by atoms with Crippen LogP contribution in [-0.2, 0) is 9.47 Å². The van der Waals surface area contributed by atoms with Crippen molar-refractivity contribution in [2.24, 2.45) is 35.5 Å². The summed E-state index contributed by atoms with van der Waals surface area (Å²) in [5, 5.41) is 0. The first-order valence-electron chi connectivity index (χ1n) is 15.4. The van der Waals surface area contributed by atoms with Gasteiger partial charge in [0.1, 0.15) is 8.07 Å². The van der Waals surface area contributed by atoms with Crippen LogP contribution in [-0.4, -0.2) is 43.6 Å². The molecule has 2 saturated carbocycles. The molecule has 0 aromatic heterocycles. The van der Waals surface area contributed by atoms with Gasteiger partial charge in [-0.05, 0) is 69.3 Å². The van der Waals surface area contributed by atoms with Gasteiger partial charge < -0.3 is 9.47 Å². The van der Waals surface area contributed by atoms with Crippen LogP contribution < -0.4 is 0 Å². The summed E-state index contributed by atoms with van der Waals surface area (Å²) in [7, 11) is 0.361. The molecule has 214 valence electrons. The van der Waals surface area contributed by atoms with Crippen molar-refractivity contribution in [3.63, 3.8) is 0 Å². The van der Waals surface area contributed by atoms with Crippen molar-refractivity contribution in [3.8, 4) is 11.5 Å². The maximum Gasteiger partial charge on any atom is 0.145 e. The average Bonchev–Trinajstić information content (AvgIpc) is 3.30. The average molecular weight is 547 g/mol. The lowest BCUT2D eigenvalue weighted by molar-refractivity contribution is 0.0187. The fourth-order valence-corrected chi connectivity index (χ4v) is 20.5.